The number of thioether (sulfide) groups is 1. The van der Waals surface area contributed by atoms with Gasteiger partial charge in [-0.2, -0.15) is 38.1 Å². The van der Waals surface area contributed by atoms with Gasteiger partial charge in [0.2, 0.25) is 0 Å². The van der Waals surface area contributed by atoms with Gasteiger partial charge in [0, 0.05) is 20.1 Å². The number of carbonyl (C=O) groups excluding carboxylic acids is 1. The van der Waals surface area contributed by atoms with Crippen LogP contribution in [-0.2, 0) is 18.9 Å². The largest absolute Gasteiger partial charge is 0.416 e. The lowest BCUT2D eigenvalue weighted by Crippen LogP contribution is -2.47. The number of carbonyl (C=O) groups is 1. The maximum absolute atomic E-state index is 13.7. The van der Waals surface area contributed by atoms with Gasteiger partial charge in [0.05, 0.1) is 17.2 Å². The van der Waals surface area contributed by atoms with Gasteiger partial charge in [0.25, 0.3) is 0 Å². The first-order valence-electron chi connectivity index (χ1n) is 11.3. The maximum Gasteiger partial charge on any atom is 0.416 e. The Morgan fingerprint density at radius 3 is 2.19 bits per heavy atom. The van der Waals surface area contributed by atoms with Crippen molar-refractivity contribution in [2.75, 3.05) is 25.6 Å². The fourth-order valence-corrected chi connectivity index (χ4v) is 5.41. The summed E-state index contributed by atoms with van der Waals surface area (Å²) in [6.07, 6.45) is -6.63. The molecular weight excluding hydrogens is 509 g/mol. The van der Waals surface area contributed by atoms with Crippen molar-refractivity contribution in [2.24, 2.45) is 5.92 Å². The molecule has 0 unspecified atom stereocenters. The van der Waals surface area contributed by atoms with Gasteiger partial charge in [-0.25, -0.2) is 9.18 Å². The first kappa shape index (κ1) is 28.1. The summed E-state index contributed by atoms with van der Waals surface area (Å²) in [7, 11) is 1.35. The van der Waals surface area contributed by atoms with Gasteiger partial charge in [0.1, 0.15) is 5.82 Å². The number of rotatable bonds is 5. The van der Waals surface area contributed by atoms with Gasteiger partial charge in [-0.05, 0) is 84.7 Å². The van der Waals surface area contributed by atoms with Gasteiger partial charge >= 0.3 is 18.4 Å². The van der Waals surface area contributed by atoms with Crippen molar-refractivity contribution in [3.05, 3.63) is 70.0 Å². The third-order valence-corrected chi connectivity index (χ3v) is 7.15. The van der Waals surface area contributed by atoms with E-state index in [2.05, 4.69) is 0 Å². The predicted octanol–water partition coefficient (Wildman–Crippen LogP) is 7.54. The molecule has 2 aromatic carbocycles. The monoisotopic (exact) mass is 536 g/mol. The highest BCUT2D eigenvalue weighted by molar-refractivity contribution is 7.98. The number of hydrogen-bond donors (Lipinski definition) is 0. The Labute approximate surface area is 209 Å². The van der Waals surface area contributed by atoms with E-state index in [1.54, 1.807) is 29.7 Å². The van der Waals surface area contributed by atoms with Crippen LogP contribution in [0.2, 0.25) is 0 Å². The minimum Gasteiger partial charge on any atom is -0.323 e. The number of halogens is 7. The Balaban J connectivity index is 1.90. The zero-order valence-corrected chi connectivity index (χ0v) is 20.8. The van der Waals surface area contributed by atoms with Crippen LogP contribution in [-0.4, -0.2) is 41.4 Å². The van der Waals surface area contributed by atoms with E-state index in [4.69, 9.17) is 0 Å². The Kier molecular flexibility index (Phi) is 8.52. The summed E-state index contributed by atoms with van der Waals surface area (Å²) in [5, 5.41) is 0. The number of urea groups is 1. The summed E-state index contributed by atoms with van der Waals surface area (Å²) < 4.78 is 93.2. The molecule has 2 atom stereocenters. The van der Waals surface area contributed by atoms with E-state index >= 15 is 0 Å². The molecule has 36 heavy (non-hydrogen) atoms. The molecule has 198 valence electrons. The van der Waals surface area contributed by atoms with Crippen molar-refractivity contribution in [3.63, 3.8) is 0 Å². The van der Waals surface area contributed by atoms with Gasteiger partial charge < -0.3 is 9.80 Å². The average molecular weight is 537 g/mol. The third-order valence-electron chi connectivity index (χ3n) is 6.34. The molecule has 0 radical (unpaired) electrons. The van der Waals surface area contributed by atoms with E-state index in [1.165, 1.54) is 19.2 Å². The lowest BCUT2D eigenvalue weighted by atomic mass is 9.86. The number of alkyl halides is 6. The summed E-state index contributed by atoms with van der Waals surface area (Å²) in [4.78, 5) is 16.1. The van der Waals surface area contributed by atoms with E-state index in [0.717, 1.165) is 16.2 Å². The van der Waals surface area contributed by atoms with Crippen LogP contribution in [0.4, 0.5) is 35.5 Å². The smallest absolute Gasteiger partial charge is 0.323 e. The van der Waals surface area contributed by atoms with Crippen molar-refractivity contribution < 1.29 is 35.5 Å². The Morgan fingerprint density at radius 2 is 1.67 bits per heavy atom. The second-order valence-corrected chi connectivity index (χ2v) is 10.0. The maximum atomic E-state index is 13.7. The van der Waals surface area contributed by atoms with E-state index in [-0.39, 0.29) is 11.6 Å². The number of likely N-dealkylation sites (tertiary alicyclic amines) is 1. The van der Waals surface area contributed by atoms with E-state index in [9.17, 15) is 35.5 Å². The number of aryl methyl sites for hydroxylation is 1. The second-order valence-electron chi connectivity index (χ2n) is 9.11. The quantitative estimate of drug-likeness (QED) is 0.369. The second kappa shape index (κ2) is 10.9. The molecule has 3 rings (SSSR count). The average Bonchev–Trinajstić information content (AvgIpc) is 2.77. The third kappa shape index (κ3) is 6.66. The van der Waals surface area contributed by atoms with Gasteiger partial charge in [-0.15, -0.1) is 0 Å². The lowest BCUT2D eigenvalue weighted by Gasteiger charge is -2.42. The fraction of sp³-hybridized carbons (Fsp3) is 0.480. The zero-order chi connectivity index (χ0) is 26.8. The number of nitrogens with zero attached hydrogens (tertiary/aromatic N) is 2. The molecule has 0 aromatic heterocycles. The van der Waals surface area contributed by atoms with Crippen LogP contribution in [0.15, 0.2) is 36.4 Å². The predicted molar refractivity (Wildman–Crippen MR) is 125 cm³/mol. The van der Waals surface area contributed by atoms with Crippen LogP contribution >= 0.6 is 11.8 Å². The molecule has 0 N–H and O–H groups in total. The Hall–Kier alpha value is -2.43. The molecule has 0 bridgehead atoms. The highest BCUT2D eigenvalue weighted by Crippen LogP contribution is 2.39. The van der Waals surface area contributed by atoms with Crippen molar-refractivity contribution in [1.29, 1.82) is 0 Å². The van der Waals surface area contributed by atoms with E-state index in [1.807, 2.05) is 6.26 Å². The van der Waals surface area contributed by atoms with Crippen LogP contribution in [0.1, 0.15) is 46.7 Å². The lowest BCUT2D eigenvalue weighted by molar-refractivity contribution is -0.143. The summed E-state index contributed by atoms with van der Waals surface area (Å²) >= 11 is 1.68. The van der Waals surface area contributed by atoms with Crippen LogP contribution in [0.25, 0.3) is 0 Å². The normalized spacial score (nSPS) is 18.9. The molecule has 3 nitrogen and oxygen atoms in total. The molecule has 0 spiro atoms. The first-order chi connectivity index (χ1) is 16.7. The first-order valence-corrected chi connectivity index (χ1v) is 12.6. The Bertz CT molecular complexity index is 1050. The highest BCUT2D eigenvalue weighted by atomic mass is 32.2. The standard InChI is InChI=1S/C25H27F7N2OS/c1-15-8-20(26)4-5-21(15)22-11-16(14-36-3)6-7-34(22)23(35)33(2)13-17-9-18(24(27,28)29)12-19(10-17)25(30,31)32/h4-5,8-10,12,16,22H,6-7,11,13-14H2,1-3H3/t16-,22+/m0/s1. The molecular formula is C25H27F7N2OS. The van der Waals surface area contributed by atoms with Crippen molar-refractivity contribution >= 4 is 17.8 Å². The fourth-order valence-electron chi connectivity index (χ4n) is 4.63. The number of amides is 2. The summed E-state index contributed by atoms with van der Waals surface area (Å²) in [6, 6.07) is 4.73. The number of hydrogen-bond acceptors (Lipinski definition) is 2. The molecule has 2 aromatic rings. The van der Waals surface area contributed by atoms with Crippen molar-refractivity contribution in [1.82, 2.24) is 9.80 Å². The molecule has 2 amide bonds. The van der Waals surface area contributed by atoms with Crippen LogP contribution < -0.4 is 0 Å². The van der Waals surface area contributed by atoms with Crippen LogP contribution in [0.3, 0.4) is 0 Å². The van der Waals surface area contributed by atoms with Crippen LogP contribution in [0.5, 0.6) is 0 Å². The summed E-state index contributed by atoms with van der Waals surface area (Å²) in [5.74, 6) is 0.772. The molecule has 0 saturated carbocycles. The molecule has 1 aliphatic heterocycles. The molecule has 1 saturated heterocycles. The summed E-state index contributed by atoms with van der Waals surface area (Å²) in [6.45, 7) is 1.67. The van der Waals surface area contributed by atoms with Gasteiger partial charge in [0.15, 0.2) is 0 Å². The van der Waals surface area contributed by atoms with Gasteiger partial charge in [-0.1, -0.05) is 6.07 Å². The van der Waals surface area contributed by atoms with Crippen LogP contribution in [0, 0.1) is 18.7 Å². The molecule has 1 aliphatic rings. The van der Waals surface area contributed by atoms with E-state index < -0.39 is 47.9 Å². The number of piperidine rings is 1. The molecule has 1 fully saturated rings. The SMILES string of the molecule is CSC[C@H]1CCN(C(=O)N(C)Cc2cc(C(F)(F)F)cc(C(F)(F)F)c2)[C@@H](c2ccc(F)cc2C)C1. The summed E-state index contributed by atoms with van der Waals surface area (Å²) in [5.41, 5.74) is -1.70. The molecule has 1 heterocycles. The highest BCUT2D eigenvalue weighted by Gasteiger charge is 2.38. The minimum absolute atomic E-state index is 0.0647. The number of benzene rings is 2. The molecule has 11 heteroatoms. The molecule has 0 aliphatic carbocycles. The van der Waals surface area contributed by atoms with Gasteiger partial charge in [-0.3, -0.25) is 0 Å². The van der Waals surface area contributed by atoms with Crippen molar-refractivity contribution in [2.45, 2.75) is 44.7 Å². The van der Waals surface area contributed by atoms with E-state index in [0.29, 0.717) is 43.0 Å². The zero-order valence-electron chi connectivity index (χ0n) is 20.0. The van der Waals surface area contributed by atoms with Crippen molar-refractivity contribution in [3.8, 4) is 0 Å². The minimum atomic E-state index is -4.97. The Morgan fingerprint density at radius 1 is 1.06 bits per heavy atom. The topological polar surface area (TPSA) is 23.6 Å².